The second kappa shape index (κ2) is 8.16. The van der Waals surface area contributed by atoms with Crippen molar-refractivity contribution in [2.75, 3.05) is 6.54 Å². The van der Waals surface area contributed by atoms with Crippen LogP contribution in [0.2, 0.25) is 0 Å². The van der Waals surface area contributed by atoms with E-state index in [0.717, 1.165) is 12.0 Å². The lowest BCUT2D eigenvalue weighted by Gasteiger charge is -2.36. The number of benzene rings is 3. The van der Waals surface area contributed by atoms with E-state index in [-0.39, 0.29) is 0 Å². The van der Waals surface area contributed by atoms with E-state index in [1.165, 1.54) is 79.0 Å². The Labute approximate surface area is 185 Å². The molecule has 0 amide bonds. The summed E-state index contributed by atoms with van der Waals surface area (Å²) in [5.41, 5.74) is 5.39. The number of nitrogens with one attached hydrogen (secondary N) is 1. The molecule has 2 heterocycles. The van der Waals surface area contributed by atoms with Gasteiger partial charge in [0.15, 0.2) is 0 Å². The maximum atomic E-state index is 3.80. The average Bonchev–Trinajstić information content (AvgIpc) is 3.19. The van der Waals surface area contributed by atoms with Crippen LogP contribution in [0.25, 0.3) is 27.5 Å². The number of fused-ring (bicyclic) bond motifs is 3. The van der Waals surface area contributed by atoms with Gasteiger partial charge in [0.1, 0.15) is 0 Å². The molecule has 3 aromatic carbocycles. The molecule has 1 aliphatic heterocycles. The van der Waals surface area contributed by atoms with Crippen molar-refractivity contribution in [1.29, 1.82) is 0 Å². The molecule has 2 heteroatoms. The minimum absolute atomic E-state index is 0.711. The van der Waals surface area contributed by atoms with Crippen molar-refractivity contribution >= 4 is 21.8 Å². The predicted octanol–water partition coefficient (Wildman–Crippen LogP) is 7.20. The summed E-state index contributed by atoms with van der Waals surface area (Å²) >= 11 is 0. The minimum Gasteiger partial charge on any atom is -0.314 e. The Morgan fingerprint density at radius 3 is 2.26 bits per heavy atom. The number of rotatable bonds is 3. The second-order valence-electron chi connectivity index (χ2n) is 9.63. The van der Waals surface area contributed by atoms with Crippen molar-refractivity contribution in [3.05, 3.63) is 78.4 Å². The Kier molecular flexibility index (Phi) is 5.04. The van der Waals surface area contributed by atoms with Crippen molar-refractivity contribution in [2.45, 2.75) is 56.9 Å². The molecule has 2 aliphatic rings. The second-order valence-corrected chi connectivity index (χ2v) is 9.63. The van der Waals surface area contributed by atoms with Crippen LogP contribution >= 0.6 is 0 Å². The van der Waals surface area contributed by atoms with Crippen molar-refractivity contribution in [1.82, 2.24) is 9.88 Å². The van der Waals surface area contributed by atoms with E-state index < -0.39 is 0 Å². The zero-order valence-electron chi connectivity index (χ0n) is 18.3. The maximum Gasteiger partial charge on any atom is 0.0541 e. The van der Waals surface area contributed by atoms with E-state index in [1.54, 1.807) is 5.56 Å². The molecule has 4 aromatic rings. The van der Waals surface area contributed by atoms with Gasteiger partial charge in [0.25, 0.3) is 0 Å². The van der Waals surface area contributed by atoms with Crippen molar-refractivity contribution < 1.29 is 0 Å². The molecule has 1 N–H and O–H groups in total. The van der Waals surface area contributed by atoms with Crippen LogP contribution < -0.4 is 5.32 Å². The molecule has 1 saturated carbocycles. The highest BCUT2D eigenvalue weighted by atomic mass is 15.0. The van der Waals surface area contributed by atoms with Crippen molar-refractivity contribution in [2.24, 2.45) is 5.92 Å². The molecule has 31 heavy (non-hydrogen) atoms. The van der Waals surface area contributed by atoms with Gasteiger partial charge in [0.05, 0.1) is 11.0 Å². The lowest BCUT2D eigenvalue weighted by atomic mass is 9.74. The fourth-order valence-corrected chi connectivity index (χ4v) is 6.24. The minimum atomic E-state index is 0.711. The molecule has 6 rings (SSSR count). The topological polar surface area (TPSA) is 17.0 Å². The fraction of sp³-hybridized carbons (Fsp3) is 0.379. The molecule has 0 radical (unpaired) electrons. The van der Waals surface area contributed by atoms with E-state index in [4.69, 9.17) is 0 Å². The standard InChI is InChI=1S/C29H32N2/c1-2-8-24(9-3-1)31-28-12-5-4-10-25(28)26-20-23(17-18-29(26)31)21-13-15-22(16-14-21)27-11-6-7-19-30-27/h1-5,8-10,12,17-18,20-22,27,30H,6-7,11,13-16,19H2. The van der Waals surface area contributed by atoms with Crippen LogP contribution in [0.15, 0.2) is 72.8 Å². The van der Waals surface area contributed by atoms with Crippen molar-refractivity contribution in [3.63, 3.8) is 0 Å². The third kappa shape index (κ3) is 3.47. The highest BCUT2D eigenvalue weighted by molar-refractivity contribution is 6.09. The van der Waals surface area contributed by atoms with Gasteiger partial charge in [0, 0.05) is 22.5 Å². The maximum absolute atomic E-state index is 3.80. The van der Waals surface area contributed by atoms with Crippen LogP contribution in [0.1, 0.15) is 56.4 Å². The van der Waals surface area contributed by atoms with Gasteiger partial charge in [-0.2, -0.15) is 0 Å². The summed E-state index contributed by atoms with van der Waals surface area (Å²) in [5, 5.41) is 6.56. The highest BCUT2D eigenvalue weighted by Crippen LogP contribution is 2.40. The number of hydrogen-bond acceptors (Lipinski definition) is 1. The summed E-state index contributed by atoms with van der Waals surface area (Å²) in [6.45, 7) is 1.23. The molecule has 0 spiro atoms. The van der Waals surface area contributed by atoms with Gasteiger partial charge in [-0.1, -0.05) is 48.9 Å². The van der Waals surface area contributed by atoms with E-state index in [9.17, 15) is 0 Å². The largest absolute Gasteiger partial charge is 0.314 e. The molecular weight excluding hydrogens is 376 g/mol. The first-order valence-electron chi connectivity index (χ1n) is 12.2. The van der Waals surface area contributed by atoms with Crippen LogP contribution in [-0.2, 0) is 0 Å². The van der Waals surface area contributed by atoms with E-state index in [1.807, 2.05) is 0 Å². The van der Waals surface area contributed by atoms with Gasteiger partial charge >= 0.3 is 0 Å². The smallest absolute Gasteiger partial charge is 0.0541 e. The monoisotopic (exact) mass is 408 g/mol. The van der Waals surface area contributed by atoms with Crippen molar-refractivity contribution in [3.8, 4) is 5.69 Å². The first kappa shape index (κ1) is 19.1. The van der Waals surface area contributed by atoms with Gasteiger partial charge in [0.2, 0.25) is 0 Å². The van der Waals surface area contributed by atoms with E-state index in [0.29, 0.717) is 5.92 Å². The van der Waals surface area contributed by atoms with Gasteiger partial charge in [-0.3, -0.25) is 0 Å². The average molecular weight is 409 g/mol. The summed E-state index contributed by atoms with van der Waals surface area (Å²) in [5.74, 6) is 1.60. The lowest BCUT2D eigenvalue weighted by molar-refractivity contribution is 0.222. The Balaban J connectivity index is 1.33. The Hall–Kier alpha value is -2.58. The van der Waals surface area contributed by atoms with Gasteiger partial charge < -0.3 is 9.88 Å². The van der Waals surface area contributed by atoms with Crippen LogP contribution in [0.5, 0.6) is 0 Å². The third-order valence-electron chi connectivity index (χ3n) is 7.87. The molecular formula is C29H32N2. The van der Waals surface area contributed by atoms with Gasteiger partial charge in [-0.15, -0.1) is 0 Å². The number of hydrogen-bond donors (Lipinski definition) is 1. The molecule has 1 atom stereocenters. The number of nitrogens with zero attached hydrogens (tertiary/aromatic N) is 1. The number of piperidine rings is 1. The van der Waals surface area contributed by atoms with Gasteiger partial charge in [-0.25, -0.2) is 0 Å². The summed E-state index contributed by atoms with van der Waals surface area (Å²) in [7, 11) is 0. The van der Waals surface area contributed by atoms with E-state index >= 15 is 0 Å². The molecule has 0 bridgehead atoms. The molecule has 2 nitrogen and oxygen atoms in total. The van der Waals surface area contributed by atoms with Crippen LogP contribution in [0.4, 0.5) is 0 Å². The molecule has 1 unspecified atom stereocenters. The molecule has 1 aliphatic carbocycles. The Morgan fingerprint density at radius 2 is 1.45 bits per heavy atom. The number of para-hydroxylation sites is 2. The van der Waals surface area contributed by atoms with Crippen LogP contribution in [0, 0.1) is 5.92 Å². The Morgan fingerprint density at radius 1 is 0.677 bits per heavy atom. The molecule has 158 valence electrons. The fourth-order valence-electron chi connectivity index (χ4n) is 6.24. The first-order chi connectivity index (χ1) is 15.4. The molecule has 2 fully saturated rings. The van der Waals surface area contributed by atoms with E-state index in [2.05, 4.69) is 82.7 Å². The predicted molar refractivity (Wildman–Crippen MR) is 131 cm³/mol. The highest BCUT2D eigenvalue weighted by Gasteiger charge is 2.29. The van der Waals surface area contributed by atoms with Gasteiger partial charge in [-0.05, 0) is 92.8 Å². The SMILES string of the molecule is c1ccc(-n2c3ccccc3c3cc(C4CCC(C5CCCCN5)CC4)ccc32)cc1. The molecule has 1 saturated heterocycles. The zero-order chi connectivity index (χ0) is 20.6. The summed E-state index contributed by atoms with van der Waals surface area (Å²) in [6, 6.07) is 27.7. The molecule has 1 aromatic heterocycles. The summed E-state index contributed by atoms with van der Waals surface area (Å²) in [4.78, 5) is 0. The van der Waals surface area contributed by atoms with Crippen LogP contribution in [-0.4, -0.2) is 17.2 Å². The summed E-state index contributed by atoms with van der Waals surface area (Å²) in [6.07, 6.45) is 9.61. The quantitative estimate of drug-likeness (QED) is 0.379. The van der Waals surface area contributed by atoms with Crippen LogP contribution in [0.3, 0.4) is 0 Å². The number of aromatic nitrogens is 1. The normalized spacial score (nSPS) is 24.6. The first-order valence-corrected chi connectivity index (χ1v) is 12.2. The summed E-state index contributed by atoms with van der Waals surface area (Å²) < 4.78 is 2.42. The zero-order valence-corrected chi connectivity index (χ0v) is 18.3. The lowest BCUT2D eigenvalue weighted by Crippen LogP contribution is -2.41. The third-order valence-corrected chi connectivity index (χ3v) is 7.87. The Bertz CT molecular complexity index is 1180.